The number of amides is 1. The number of nitrogens with zero attached hydrogens (tertiary/aromatic N) is 2. The van der Waals surface area contributed by atoms with Crippen molar-refractivity contribution in [2.75, 3.05) is 33.9 Å². The van der Waals surface area contributed by atoms with Gasteiger partial charge in [-0.3, -0.25) is 9.59 Å². The summed E-state index contributed by atoms with van der Waals surface area (Å²) in [5, 5.41) is 0. The topological polar surface area (TPSA) is 100 Å². The fourth-order valence-corrected chi connectivity index (χ4v) is 4.19. The molecule has 0 radical (unpaired) electrons. The fourth-order valence-electron chi connectivity index (χ4n) is 4.19. The maximum Gasteiger partial charge on any atom is 0.343 e. The van der Waals surface area contributed by atoms with Crippen molar-refractivity contribution in [2.45, 2.75) is 25.8 Å². The Morgan fingerprint density at radius 3 is 2.54 bits per heavy atom. The van der Waals surface area contributed by atoms with Crippen LogP contribution >= 0.6 is 0 Å². The zero-order valence-corrected chi connectivity index (χ0v) is 19.8. The van der Waals surface area contributed by atoms with Gasteiger partial charge in [-0.1, -0.05) is 30.3 Å². The van der Waals surface area contributed by atoms with Gasteiger partial charge in [0.15, 0.2) is 5.76 Å². The normalized spacial score (nSPS) is 13.0. The highest BCUT2D eigenvalue weighted by molar-refractivity contribution is 5.94. The Morgan fingerprint density at radius 1 is 1.03 bits per heavy atom. The molecule has 1 aromatic carbocycles. The molecule has 0 saturated heterocycles. The van der Waals surface area contributed by atoms with Gasteiger partial charge in [0.2, 0.25) is 0 Å². The van der Waals surface area contributed by atoms with E-state index < -0.39 is 5.97 Å². The largest absolute Gasteiger partial charge is 0.492 e. The predicted octanol–water partition coefficient (Wildman–Crippen LogP) is 2.95. The summed E-state index contributed by atoms with van der Waals surface area (Å²) in [6, 6.07) is 14.5. The van der Waals surface area contributed by atoms with E-state index in [-0.39, 0.29) is 54.0 Å². The van der Waals surface area contributed by atoms with Crippen molar-refractivity contribution < 1.29 is 28.2 Å². The molecule has 35 heavy (non-hydrogen) atoms. The molecule has 3 aromatic rings. The molecule has 9 nitrogen and oxygen atoms in total. The molecule has 0 fully saturated rings. The Bertz CT molecular complexity index is 1250. The Kier molecular flexibility index (Phi) is 7.54. The molecular formula is C26H28N2O7. The summed E-state index contributed by atoms with van der Waals surface area (Å²) in [6.45, 7) is 1.15. The van der Waals surface area contributed by atoms with E-state index in [1.807, 2.05) is 30.3 Å². The zero-order valence-electron chi connectivity index (χ0n) is 19.8. The molecule has 184 valence electrons. The Balaban J connectivity index is 1.53. The van der Waals surface area contributed by atoms with E-state index in [0.29, 0.717) is 18.8 Å². The lowest BCUT2D eigenvalue weighted by atomic mass is 10.1. The number of hydrogen-bond donors (Lipinski definition) is 0. The minimum absolute atomic E-state index is 0.149. The van der Waals surface area contributed by atoms with Crippen LogP contribution in [-0.2, 0) is 24.1 Å². The van der Waals surface area contributed by atoms with Crippen LogP contribution in [0.3, 0.4) is 0 Å². The lowest BCUT2D eigenvalue weighted by Gasteiger charge is -2.18. The summed E-state index contributed by atoms with van der Waals surface area (Å²) in [5.74, 6) is -0.300. The molecule has 1 aliphatic rings. The number of esters is 1. The van der Waals surface area contributed by atoms with Crippen LogP contribution in [-0.4, -0.2) is 55.3 Å². The number of hydrogen-bond acceptors (Lipinski definition) is 7. The lowest BCUT2D eigenvalue weighted by molar-refractivity contribution is 0.0593. The molecule has 3 heterocycles. The molecule has 9 heteroatoms. The average Bonchev–Trinajstić information content (AvgIpc) is 3.26. The van der Waals surface area contributed by atoms with Gasteiger partial charge in [-0.2, -0.15) is 0 Å². The van der Waals surface area contributed by atoms with Gasteiger partial charge in [0.05, 0.1) is 20.8 Å². The van der Waals surface area contributed by atoms with Gasteiger partial charge in [0.1, 0.15) is 11.3 Å². The fraction of sp³-hybridized carbons (Fsp3) is 0.346. The standard InChI is InChI=1S/C26H28N2O7/c1-32-23-11-10-20(35-23)25(30)27-13-12-19-24(26(31)33-2)21(17-22(29)28(19)15-14-27)34-16-6-9-18-7-4-3-5-8-18/h3-5,7-8,10-11,17H,6,9,12-16H2,1-2H3. The number of rotatable bonds is 8. The van der Waals surface area contributed by atoms with Crippen molar-refractivity contribution in [3.05, 3.63) is 81.5 Å². The van der Waals surface area contributed by atoms with E-state index in [2.05, 4.69) is 0 Å². The highest BCUT2D eigenvalue weighted by Crippen LogP contribution is 2.25. The number of aromatic nitrogens is 1. The van der Waals surface area contributed by atoms with Crippen LogP contribution in [0.1, 0.15) is 38.6 Å². The Hall–Kier alpha value is -4.01. The highest BCUT2D eigenvalue weighted by atomic mass is 16.6. The summed E-state index contributed by atoms with van der Waals surface area (Å²) in [6.07, 6.45) is 1.81. The summed E-state index contributed by atoms with van der Waals surface area (Å²) in [5.41, 5.74) is 1.61. The zero-order chi connectivity index (χ0) is 24.8. The van der Waals surface area contributed by atoms with Crippen LogP contribution in [0.25, 0.3) is 0 Å². The second kappa shape index (κ2) is 10.9. The third kappa shape index (κ3) is 5.40. The number of pyridine rings is 1. The van der Waals surface area contributed by atoms with Gasteiger partial charge in [-0.15, -0.1) is 0 Å². The Morgan fingerprint density at radius 2 is 1.83 bits per heavy atom. The minimum atomic E-state index is -0.581. The molecular weight excluding hydrogens is 452 g/mol. The molecule has 4 rings (SSSR count). The van der Waals surface area contributed by atoms with Crippen LogP contribution in [0, 0.1) is 0 Å². The smallest absolute Gasteiger partial charge is 0.343 e. The van der Waals surface area contributed by atoms with E-state index in [0.717, 1.165) is 12.8 Å². The van der Waals surface area contributed by atoms with Crippen molar-refractivity contribution in [3.63, 3.8) is 0 Å². The minimum Gasteiger partial charge on any atom is -0.492 e. The number of methoxy groups -OCH3 is 2. The second-order valence-corrected chi connectivity index (χ2v) is 8.11. The summed E-state index contributed by atoms with van der Waals surface area (Å²) >= 11 is 0. The van der Waals surface area contributed by atoms with Crippen LogP contribution in [0.4, 0.5) is 0 Å². The molecule has 0 spiro atoms. The molecule has 0 bridgehead atoms. The van der Waals surface area contributed by atoms with Crippen molar-refractivity contribution in [1.82, 2.24) is 9.47 Å². The molecule has 0 saturated carbocycles. The SMILES string of the molecule is COC(=O)c1c(OCCCc2ccccc2)cc(=O)n2c1CCN(C(=O)c1ccc(OC)o1)CC2. The molecule has 0 atom stereocenters. The molecule has 1 amide bonds. The van der Waals surface area contributed by atoms with Crippen LogP contribution in [0.15, 0.2) is 57.7 Å². The number of benzene rings is 1. The van der Waals surface area contributed by atoms with Crippen LogP contribution in [0.2, 0.25) is 0 Å². The highest BCUT2D eigenvalue weighted by Gasteiger charge is 2.28. The molecule has 0 unspecified atom stereocenters. The number of fused-ring (bicyclic) bond motifs is 1. The predicted molar refractivity (Wildman–Crippen MR) is 127 cm³/mol. The molecule has 2 aromatic heterocycles. The third-order valence-electron chi connectivity index (χ3n) is 5.97. The van der Waals surface area contributed by atoms with Gasteiger partial charge in [-0.25, -0.2) is 4.79 Å². The van der Waals surface area contributed by atoms with E-state index >= 15 is 0 Å². The first-order valence-electron chi connectivity index (χ1n) is 11.5. The van der Waals surface area contributed by atoms with Crippen LogP contribution < -0.4 is 15.0 Å². The van der Waals surface area contributed by atoms with Crippen molar-refractivity contribution in [2.24, 2.45) is 0 Å². The summed E-state index contributed by atoms with van der Waals surface area (Å²) < 4.78 is 22.8. The van der Waals surface area contributed by atoms with Gasteiger partial charge in [0.25, 0.3) is 17.4 Å². The van der Waals surface area contributed by atoms with E-state index in [1.165, 1.54) is 30.4 Å². The molecule has 1 aliphatic heterocycles. The third-order valence-corrected chi connectivity index (χ3v) is 5.97. The van der Waals surface area contributed by atoms with Crippen LogP contribution in [0.5, 0.6) is 11.7 Å². The van der Waals surface area contributed by atoms with Gasteiger partial charge in [-0.05, 0) is 24.5 Å². The number of carbonyl (C=O) groups is 2. The summed E-state index contributed by atoms with van der Waals surface area (Å²) in [4.78, 5) is 40.2. The maximum absolute atomic E-state index is 12.9. The quantitative estimate of drug-likeness (QED) is 0.361. The molecule has 0 N–H and O–H groups in total. The van der Waals surface area contributed by atoms with Gasteiger partial charge < -0.3 is 28.1 Å². The lowest BCUT2D eigenvalue weighted by Crippen LogP contribution is -2.34. The number of carbonyl (C=O) groups excluding carboxylic acids is 2. The van der Waals surface area contributed by atoms with E-state index in [4.69, 9.17) is 18.6 Å². The maximum atomic E-state index is 12.9. The first-order chi connectivity index (χ1) is 17.0. The first-order valence-corrected chi connectivity index (χ1v) is 11.5. The van der Waals surface area contributed by atoms with Crippen molar-refractivity contribution in [3.8, 4) is 11.7 Å². The average molecular weight is 481 g/mol. The number of ether oxygens (including phenoxy) is 3. The second-order valence-electron chi connectivity index (χ2n) is 8.11. The number of aryl methyl sites for hydroxylation is 1. The van der Waals surface area contributed by atoms with E-state index in [1.54, 1.807) is 17.0 Å². The summed E-state index contributed by atoms with van der Waals surface area (Å²) in [7, 11) is 2.75. The first kappa shape index (κ1) is 24.1. The number of furan rings is 1. The molecule has 0 aliphatic carbocycles. The Labute approximate surface area is 202 Å². The van der Waals surface area contributed by atoms with E-state index in [9.17, 15) is 14.4 Å². The van der Waals surface area contributed by atoms with Crippen molar-refractivity contribution in [1.29, 1.82) is 0 Å². The monoisotopic (exact) mass is 480 g/mol. The van der Waals surface area contributed by atoms with Crippen molar-refractivity contribution >= 4 is 11.9 Å². The van der Waals surface area contributed by atoms with Gasteiger partial charge in [0, 0.05) is 43.9 Å². The van der Waals surface area contributed by atoms with Gasteiger partial charge >= 0.3 is 5.97 Å².